The molecule has 1 aliphatic rings. The van der Waals surface area contributed by atoms with Crippen LogP contribution in [0.2, 0.25) is 0 Å². The molecule has 0 bridgehead atoms. The van der Waals surface area contributed by atoms with E-state index in [0.717, 1.165) is 62.4 Å². The lowest BCUT2D eigenvalue weighted by molar-refractivity contribution is -0.116. The van der Waals surface area contributed by atoms with Crippen LogP contribution in [0.1, 0.15) is 37.3 Å². The largest absolute Gasteiger partial charge is 0.395 e. The highest BCUT2D eigenvalue weighted by molar-refractivity contribution is 5.92. The SMILES string of the molecule is CC[C@@H](CO)N1CCN(CCCC(=O)Nc2c(C)cccc2C)CC1. The van der Waals surface area contributed by atoms with Crippen molar-refractivity contribution < 1.29 is 9.90 Å². The molecule has 2 N–H and O–H groups in total. The van der Waals surface area contributed by atoms with Gasteiger partial charge < -0.3 is 15.3 Å². The van der Waals surface area contributed by atoms with Crippen LogP contribution < -0.4 is 5.32 Å². The van der Waals surface area contributed by atoms with Crippen molar-refractivity contribution >= 4 is 11.6 Å². The Morgan fingerprint density at radius 2 is 1.84 bits per heavy atom. The maximum Gasteiger partial charge on any atom is 0.224 e. The van der Waals surface area contributed by atoms with Crippen molar-refractivity contribution in [2.75, 3.05) is 44.6 Å². The van der Waals surface area contributed by atoms with Gasteiger partial charge in [0.2, 0.25) is 5.91 Å². The standard InChI is InChI=1S/C20H33N3O2/c1-4-18(15-24)23-13-11-22(12-14-23)10-6-9-19(25)21-20-16(2)7-5-8-17(20)3/h5,7-8,18,24H,4,6,9-15H2,1-3H3,(H,21,25)/t18-/m0/s1. The number of hydrogen-bond donors (Lipinski definition) is 2. The van der Waals surface area contributed by atoms with E-state index in [1.54, 1.807) is 0 Å². The minimum absolute atomic E-state index is 0.0994. The summed E-state index contributed by atoms with van der Waals surface area (Å²) in [5, 5.41) is 12.5. The molecule has 0 aliphatic carbocycles. The molecule has 25 heavy (non-hydrogen) atoms. The third-order valence-electron chi connectivity index (χ3n) is 5.23. The number of anilines is 1. The third kappa shape index (κ3) is 5.80. The highest BCUT2D eigenvalue weighted by Gasteiger charge is 2.22. The summed E-state index contributed by atoms with van der Waals surface area (Å²) in [6.45, 7) is 11.4. The number of carbonyl (C=O) groups is 1. The predicted molar refractivity (Wildman–Crippen MR) is 103 cm³/mol. The van der Waals surface area contributed by atoms with Crippen LogP contribution in [0.3, 0.4) is 0 Å². The second-order valence-electron chi connectivity index (χ2n) is 7.04. The highest BCUT2D eigenvalue weighted by atomic mass is 16.3. The Balaban J connectivity index is 1.69. The smallest absolute Gasteiger partial charge is 0.224 e. The maximum atomic E-state index is 12.2. The Hall–Kier alpha value is -1.43. The van der Waals surface area contributed by atoms with Crippen molar-refractivity contribution in [3.8, 4) is 0 Å². The normalized spacial score (nSPS) is 17.4. The quantitative estimate of drug-likeness (QED) is 0.758. The number of aliphatic hydroxyl groups excluding tert-OH is 1. The maximum absolute atomic E-state index is 12.2. The summed E-state index contributed by atoms with van der Waals surface area (Å²) < 4.78 is 0. The van der Waals surface area contributed by atoms with E-state index in [1.165, 1.54) is 0 Å². The molecule has 0 saturated carbocycles. The van der Waals surface area contributed by atoms with Crippen molar-refractivity contribution in [3.05, 3.63) is 29.3 Å². The first-order chi connectivity index (χ1) is 12.0. The molecule has 140 valence electrons. The van der Waals surface area contributed by atoms with Gasteiger partial charge in [0.15, 0.2) is 0 Å². The molecule has 1 aromatic carbocycles. The zero-order chi connectivity index (χ0) is 18.2. The van der Waals surface area contributed by atoms with E-state index in [4.69, 9.17) is 0 Å². The first kappa shape index (κ1) is 19.9. The van der Waals surface area contributed by atoms with E-state index >= 15 is 0 Å². The van der Waals surface area contributed by atoms with E-state index in [-0.39, 0.29) is 12.5 Å². The fourth-order valence-electron chi connectivity index (χ4n) is 3.53. The molecule has 5 heteroatoms. The fourth-order valence-corrected chi connectivity index (χ4v) is 3.53. The molecule has 0 unspecified atom stereocenters. The lowest BCUT2D eigenvalue weighted by atomic mass is 10.1. The third-order valence-corrected chi connectivity index (χ3v) is 5.23. The Kier molecular flexibility index (Phi) is 7.88. The molecule has 5 nitrogen and oxygen atoms in total. The molecular formula is C20H33N3O2. The van der Waals surface area contributed by atoms with Gasteiger partial charge in [0, 0.05) is 44.3 Å². The van der Waals surface area contributed by atoms with E-state index in [9.17, 15) is 9.90 Å². The number of para-hydroxylation sites is 1. The minimum Gasteiger partial charge on any atom is -0.395 e. The lowest BCUT2D eigenvalue weighted by Crippen LogP contribution is -2.51. The first-order valence-corrected chi connectivity index (χ1v) is 9.48. The Bertz CT molecular complexity index is 530. The van der Waals surface area contributed by atoms with Crippen molar-refractivity contribution in [2.24, 2.45) is 0 Å². The Labute approximate surface area is 152 Å². The predicted octanol–water partition coefficient (Wildman–Crippen LogP) is 2.41. The van der Waals surface area contributed by atoms with Gasteiger partial charge in [0.05, 0.1) is 6.61 Å². The number of aryl methyl sites for hydroxylation is 2. The Morgan fingerprint density at radius 1 is 1.20 bits per heavy atom. The van der Waals surface area contributed by atoms with Gasteiger partial charge in [-0.05, 0) is 44.4 Å². The van der Waals surface area contributed by atoms with Crippen LogP contribution in [0.4, 0.5) is 5.69 Å². The fraction of sp³-hybridized carbons (Fsp3) is 0.650. The summed E-state index contributed by atoms with van der Waals surface area (Å²) in [5.74, 6) is 0.0994. The zero-order valence-electron chi connectivity index (χ0n) is 15.9. The number of aliphatic hydroxyl groups is 1. The zero-order valence-corrected chi connectivity index (χ0v) is 15.9. The molecule has 1 aromatic rings. The van der Waals surface area contributed by atoms with Gasteiger partial charge in [-0.15, -0.1) is 0 Å². The van der Waals surface area contributed by atoms with Crippen LogP contribution in [-0.2, 0) is 4.79 Å². The molecule has 0 spiro atoms. The van der Waals surface area contributed by atoms with Crippen LogP contribution in [-0.4, -0.2) is 66.2 Å². The van der Waals surface area contributed by atoms with Crippen molar-refractivity contribution in [2.45, 2.75) is 46.1 Å². The topological polar surface area (TPSA) is 55.8 Å². The van der Waals surface area contributed by atoms with E-state index < -0.39 is 0 Å². The van der Waals surface area contributed by atoms with Gasteiger partial charge in [-0.3, -0.25) is 9.69 Å². The number of hydrogen-bond acceptors (Lipinski definition) is 4. The summed E-state index contributed by atoms with van der Waals surface area (Å²) in [6, 6.07) is 6.36. The molecule has 2 rings (SSSR count). The average molecular weight is 348 g/mol. The summed E-state index contributed by atoms with van der Waals surface area (Å²) in [5.41, 5.74) is 3.17. The van der Waals surface area contributed by atoms with Crippen LogP contribution in [0.5, 0.6) is 0 Å². The first-order valence-electron chi connectivity index (χ1n) is 9.48. The van der Waals surface area contributed by atoms with E-state index in [0.29, 0.717) is 12.5 Å². The van der Waals surface area contributed by atoms with Gasteiger partial charge in [-0.1, -0.05) is 25.1 Å². The molecule has 0 aromatic heterocycles. The van der Waals surface area contributed by atoms with Gasteiger partial charge >= 0.3 is 0 Å². The van der Waals surface area contributed by atoms with Crippen molar-refractivity contribution in [3.63, 3.8) is 0 Å². The van der Waals surface area contributed by atoms with E-state index in [1.807, 2.05) is 32.0 Å². The highest BCUT2D eigenvalue weighted by Crippen LogP contribution is 2.19. The summed E-state index contributed by atoms with van der Waals surface area (Å²) in [7, 11) is 0. The number of piperazine rings is 1. The molecule has 0 radical (unpaired) electrons. The number of amides is 1. The monoisotopic (exact) mass is 347 g/mol. The van der Waals surface area contributed by atoms with Gasteiger partial charge in [-0.25, -0.2) is 0 Å². The second kappa shape index (κ2) is 9.90. The van der Waals surface area contributed by atoms with Crippen molar-refractivity contribution in [1.29, 1.82) is 0 Å². The summed E-state index contributed by atoms with van der Waals surface area (Å²) in [6.07, 6.45) is 2.44. The number of nitrogens with one attached hydrogen (secondary N) is 1. The van der Waals surface area contributed by atoms with Crippen molar-refractivity contribution in [1.82, 2.24) is 9.80 Å². The van der Waals surface area contributed by atoms with Gasteiger partial charge in [0.25, 0.3) is 0 Å². The number of carbonyl (C=O) groups excluding carboxylic acids is 1. The minimum atomic E-state index is 0.0994. The van der Waals surface area contributed by atoms with Crippen LogP contribution in [0.15, 0.2) is 18.2 Å². The number of rotatable bonds is 8. The number of benzene rings is 1. The summed E-state index contributed by atoms with van der Waals surface area (Å²) >= 11 is 0. The number of nitrogens with zero attached hydrogens (tertiary/aromatic N) is 2. The van der Waals surface area contributed by atoms with E-state index in [2.05, 4.69) is 22.0 Å². The Morgan fingerprint density at radius 3 is 2.40 bits per heavy atom. The molecule has 1 saturated heterocycles. The summed E-state index contributed by atoms with van der Waals surface area (Å²) in [4.78, 5) is 17.0. The molecule has 1 amide bonds. The lowest BCUT2D eigenvalue weighted by Gasteiger charge is -2.38. The van der Waals surface area contributed by atoms with Crippen LogP contribution in [0, 0.1) is 13.8 Å². The average Bonchev–Trinajstić information content (AvgIpc) is 2.61. The van der Waals surface area contributed by atoms with Crippen LogP contribution >= 0.6 is 0 Å². The molecular weight excluding hydrogens is 314 g/mol. The van der Waals surface area contributed by atoms with Gasteiger partial charge in [-0.2, -0.15) is 0 Å². The molecule has 1 fully saturated rings. The molecule has 1 heterocycles. The van der Waals surface area contributed by atoms with Gasteiger partial charge in [0.1, 0.15) is 0 Å². The molecule has 1 atom stereocenters. The van der Waals surface area contributed by atoms with Crippen LogP contribution in [0.25, 0.3) is 0 Å². The molecule has 1 aliphatic heterocycles. The second-order valence-corrected chi connectivity index (χ2v) is 7.04.